The summed E-state index contributed by atoms with van der Waals surface area (Å²) in [6.07, 6.45) is 8.33. The van der Waals surface area contributed by atoms with E-state index >= 15 is 0 Å². The van der Waals surface area contributed by atoms with Gasteiger partial charge in [-0.1, -0.05) is 25.3 Å². The summed E-state index contributed by atoms with van der Waals surface area (Å²) in [6.45, 7) is 0. The van der Waals surface area contributed by atoms with Gasteiger partial charge < -0.3 is 10.1 Å². The van der Waals surface area contributed by atoms with Crippen LogP contribution in [0.3, 0.4) is 0 Å². The number of aromatic nitrogens is 3. The maximum Gasteiger partial charge on any atom is 0.240 e. The Morgan fingerprint density at radius 2 is 1.84 bits per heavy atom. The summed E-state index contributed by atoms with van der Waals surface area (Å²) in [7, 11) is -2.04. The Labute approximate surface area is 182 Å². The maximum absolute atomic E-state index is 12.8. The Morgan fingerprint density at radius 3 is 2.65 bits per heavy atom. The van der Waals surface area contributed by atoms with Gasteiger partial charge in [0.15, 0.2) is 0 Å². The Kier molecular flexibility index (Phi) is 6.43. The van der Waals surface area contributed by atoms with Crippen LogP contribution in [0.5, 0.6) is 5.88 Å². The number of anilines is 2. The average molecular weight is 440 g/mol. The minimum atomic E-state index is -3.59. The second-order valence-corrected chi connectivity index (χ2v) is 9.15. The zero-order valence-corrected chi connectivity index (χ0v) is 18.1. The normalized spacial score (nSPS) is 14.9. The minimum Gasteiger partial charge on any atom is -0.481 e. The monoisotopic (exact) mass is 439 g/mol. The first kappa shape index (κ1) is 21.2. The lowest BCUT2D eigenvalue weighted by molar-refractivity contribution is 0.399. The fourth-order valence-corrected chi connectivity index (χ4v) is 5.05. The molecule has 0 amide bonds. The summed E-state index contributed by atoms with van der Waals surface area (Å²) in [4.78, 5) is 13.2. The Morgan fingerprint density at radius 1 is 1.00 bits per heavy atom. The van der Waals surface area contributed by atoms with Crippen molar-refractivity contribution in [1.82, 2.24) is 19.7 Å². The summed E-state index contributed by atoms with van der Waals surface area (Å²) >= 11 is 0. The van der Waals surface area contributed by atoms with Crippen LogP contribution < -0.4 is 14.8 Å². The molecule has 2 aromatic heterocycles. The largest absolute Gasteiger partial charge is 0.481 e. The minimum absolute atomic E-state index is 0.00448. The molecule has 4 rings (SSSR count). The number of rotatable bonds is 7. The van der Waals surface area contributed by atoms with Crippen LogP contribution in [0, 0.1) is 0 Å². The van der Waals surface area contributed by atoms with Crippen molar-refractivity contribution in [3.63, 3.8) is 0 Å². The predicted molar refractivity (Wildman–Crippen MR) is 119 cm³/mol. The third kappa shape index (κ3) is 5.18. The molecule has 0 saturated heterocycles. The highest BCUT2D eigenvalue weighted by Crippen LogP contribution is 2.27. The van der Waals surface area contributed by atoms with E-state index in [1.807, 2.05) is 6.07 Å². The molecule has 2 heterocycles. The van der Waals surface area contributed by atoms with Crippen molar-refractivity contribution in [3.05, 3.63) is 54.9 Å². The molecule has 8 nitrogen and oxygen atoms in total. The van der Waals surface area contributed by atoms with Gasteiger partial charge in [0.25, 0.3) is 0 Å². The van der Waals surface area contributed by atoms with Crippen LogP contribution in [-0.4, -0.2) is 36.5 Å². The second-order valence-electron chi connectivity index (χ2n) is 7.43. The van der Waals surface area contributed by atoms with Gasteiger partial charge in [-0.15, -0.1) is 0 Å². The van der Waals surface area contributed by atoms with Crippen molar-refractivity contribution in [1.29, 1.82) is 0 Å². The number of methoxy groups -OCH3 is 1. The van der Waals surface area contributed by atoms with Crippen LogP contribution in [0.1, 0.15) is 32.1 Å². The summed E-state index contributed by atoms with van der Waals surface area (Å²) in [6, 6.07) is 12.1. The quantitative estimate of drug-likeness (QED) is 0.575. The van der Waals surface area contributed by atoms with Crippen molar-refractivity contribution in [2.24, 2.45) is 0 Å². The highest BCUT2D eigenvalue weighted by molar-refractivity contribution is 7.89. The third-order valence-electron chi connectivity index (χ3n) is 5.22. The molecular formula is C22H25N5O3S. The molecule has 0 radical (unpaired) electrons. The molecule has 0 aliphatic heterocycles. The molecule has 0 unspecified atom stereocenters. The van der Waals surface area contributed by atoms with Crippen LogP contribution in [-0.2, 0) is 10.0 Å². The lowest BCUT2D eigenvalue weighted by Crippen LogP contribution is -2.36. The average Bonchev–Trinajstić information content (AvgIpc) is 2.80. The van der Waals surface area contributed by atoms with Gasteiger partial charge in [0, 0.05) is 24.1 Å². The molecule has 0 atom stereocenters. The van der Waals surface area contributed by atoms with Crippen molar-refractivity contribution >= 4 is 21.7 Å². The number of benzene rings is 1. The van der Waals surface area contributed by atoms with E-state index in [-0.39, 0.29) is 10.9 Å². The molecule has 1 aliphatic carbocycles. The standard InChI is InChI=1S/C22H25N5O3S/c1-30-21-19(11-6-13-23-21)20-12-14-24-22(26-20)25-17-9-5-10-18(15-17)31(28,29)27-16-7-3-2-4-8-16/h5-6,9-16,27H,2-4,7-8H2,1H3,(H,24,25,26). The maximum atomic E-state index is 12.8. The van der Waals surface area contributed by atoms with Crippen LogP contribution >= 0.6 is 0 Å². The topological polar surface area (TPSA) is 106 Å². The second kappa shape index (κ2) is 9.40. The van der Waals surface area contributed by atoms with Crippen LogP contribution in [0.2, 0.25) is 0 Å². The summed E-state index contributed by atoms with van der Waals surface area (Å²) in [5.41, 5.74) is 1.97. The van der Waals surface area contributed by atoms with Crippen LogP contribution in [0.4, 0.5) is 11.6 Å². The first-order valence-electron chi connectivity index (χ1n) is 10.3. The Balaban J connectivity index is 1.54. The first-order chi connectivity index (χ1) is 15.0. The molecule has 31 heavy (non-hydrogen) atoms. The van der Waals surface area contributed by atoms with E-state index < -0.39 is 10.0 Å². The number of pyridine rings is 1. The molecule has 1 fully saturated rings. The highest BCUT2D eigenvalue weighted by atomic mass is 32.2. The van der Waals surface area contributed by atoms with E-state index in [1.165, 1.54) is 6.42 Å². The van der Waals surface area contributed by atoms with Gasteiger partial charge in [0.1, 0.15) is 0 Å². The van der Waals surface area contributed by atoms with E-state index in [0.29, 0.717) is 23.2 Å². The smallest absolute Gasteiger partial charge is 0.240 e. The molecule has 1 aromatic carbocycles. The molecule has 2 N–H and O–H groups in total. The van der Waals surface area contributed by atoms with E-state index in [2.05, 4.69) is 25.0 Å². The molecule has 1 aliphatic rings. The number of hydrogen-bond acceptors (Lipinski definition) is 7. The molecule has 0 bridgehead atoms. The SMILES string of the molecule is COc1ncccc1-c1ccnc(Nc2cccc(S(=O)(=O)NC3CCCCC3)c2)n1. The van der Waals surface area contributed by atoms with Crippen LogP contribution in [0.15, 0.2) is 59.8 Å². The van der Waals surface area contributed by atoms with E-state index in [0.717, 1.165) is 31.2 Å². The van der Waals surface area contributed by atoms with Gasteiger partial charge in [-0.25, -0.2) is 28.1 Å². The van der Waals surface area contributed by atoms with Gasteiger partial charge in [0.05, 0.1) is 23.3 Å². The van der Waals surface area contributed by atoms with Gasteiger partial charge in [-0.3, -0.25) is 0 Å². The highest BCUT2D eigenvalue weighted by Gasteiger charge is 2.22. The number of nitrogens with zero attached hydrogens (tertiary/aromatic N) is 3. The number of hydrogen-bond donors (Lipinski definition) is 2. The Bertz CT molecular complexity index is 1150. The van der Waals surface area contributed by atoms with E-state index in [9.17, 15) is 8.42 Å². The van der Waals surface area contributed by atoms with E-state index in [1.54, 1.807) is 55.9 Å². The zero-order valence-electron chi connectivity index (χ0n) is 17.3. The molecule has 0 spiro atoms. The zero-order chi connectivity index (χ0) is 21.7. The first-order valence-corrected chi connectivity index (χ1v) is 11.8. The van der Waals surface area contributed by atoms with Gasteiger partial charge in [-0.05, 0) is 49.2 Å². The van der Waals surface area contributed by atoms with E-state index in [4.69, 9.17) is 4.74 Å². The van der Waals surface area contributed by atoms with Gasteiger partial charge >= 0.3 is 0 Å². The van der Waals surface area contributed by atoms with Crippen molar-refractivity contribution in [2.75, 3.05) is 12.4 Å². The van der Waals surface area contributed by atoms with Crippen molar-refractivity contribution in [3.8, 4) is 17.1 Å². The third-order valence-corrected chi connectivity index (χ3v) is 6.74. The van der Waals surface area contributed by atoms with Gasteiger partial charge in [-0.2, -0.15) is 0 Å². The lowest BCUT2D eigenvalue weighted by Gasteiger charge is -2.22. The predicted octanol–water partition coefficient (Wildman–Crippen LogP) is 3.90. The molecule has 1 saturated carbocycles. The van der Waals surface area contributed by atoms with Crippen molar-refractivity contribution in [2.45, 2.75) is 43.0 Å². The van der Waals surface area contributed by atoms with Crippen molar-refractivity contribution < 1.29 is 13.2 Å². The lowest BCUT2D eigenvalue weighted by atomic mass is 9.96. The summed E-state index contributed by atoms with van der Waals surface area (Å²) in [5.74, 6) is 0.812. The molecule has 162 valence electrons. The number of sulfonamides is 1. The molecule has 3 aromatic rings. The Hall–Kier alpha value is -3.04. The number of ether oxygens (including phenoxy) is 1. The number of nitrogens with one attached hydrogen (secondary N) is 2. The van der Waals surface area contributed by atoms with Gasteiger partial charge in [0.2, 0.25) is 21.9 Å². The fraction of sp³-hybridized carbons (Fsp3) is 0.318. The summed E-state index contributed by atoms with van der Waals surface area (Å²) in [5, 5.41) is 3.09. The molecule has 9 heteroatoms. The summed E-state index contributed by atoms with van der Waals surface area (Å²) < 4.78 is 33.8. The molecular weight excluding hydrogens is 414 g/mol. The fourth-order valence-electron chi connectivity index (χ4n) is 3.70. The van der Waals surface area contributed by atoms with Crippen LogP contribution in [0.25, 0.3) is 11.3 Å².